The monoisotopic (exact) mass is 263 g/mol. The van der Waals surface area contributed by atoms with Gasteiger partial charge in [0.1, 0.15) is 0 Å². The van der Waals surface area contributed by atoms with Crippen LogP contribution < -0.4 is 0 Å². The van der Waals surface area contributed by atoms with Crippen LogP contribution in [0, 0.1) is 0 Å². The first-order valence-corrected chi connectivity index (χ1v) is 7.81. The molecular weight excluding hydrogens is 242 g/mol. The first kappa shape index (κ1) is 13.6. The minimum Gasteiger partial charge on any atom is -0.303 e. The van der Waals surface area contributed by atoms with Crippen molar-refractivity contribution in [2.24, 2.45) is 0 Å². The molecule has 0 radical (unpaired) electrons. The fraction of sp³-hybridized carbons (Fsp3) is 0.533. The zero-order valence-electron chi connectivity index (χ0n) is 11.0. The first-order valence-electron chi connectivity index (χ1n) is 6.66. The van der Waals surface area contributed by atoms with Crippen LogP contribution in [-0.2, 0) is 5.75 Å². The highest BCUT2D eigenvalue weighted by Gasteiger charge is 2.10. The number of hydrogen-bond acceptors (Lipinski definition) is 3. The normalized spacial score (nSPS) is 16.1. The highest BCUT2D eigenvalue weighted by molar-refractivity contribution is 7.98. The van der Waals surface area contributed by atoms with Gasteiger partial charge in [-0.2, -0.15) is 11.8 Å². The molecule has 3 heteroatoms. The molecular formula is C15H21NOS. The fourth-order valence-electron chi connectivity index (χ4n) is 2.27. The van der Waals surface area contributed by atoms with Crippen molar-refractivity contribution in [2.45, 2.75) is 25.5 Å². The predicted octanol–water partition coefficient (Wildman–Crippen LogP) is 3.22. The van der Waals surface area contributed by atoms with Crippen molar-refractivity contribution < 1.29 is 4.79 Å². The van der Waals surface area contributed by atoms with E-state index in [0.29, 0.717) is 0 Å². The minimum absolute atomic E-state index is 0.152. The maximum atomic E-state index is 11.3. The predicted molar refractivity (Wildman–Crippen MR) is 78.3 cm³/mol. The maximum Gasteiger partial charge on any atom is 0.159 e. The molecule has 2 rings (SSSR count). The summed E-state index contributed by atoms with van der Waals surface area (Å²) in [5, 5.41) is 0. The van der Waals surface area contributed by atoms with Gasteiger partial charge in [0.05, 0.1) is 0 Å². The number of nitrogens with zero attached hydrogens (tertiary/aromatic N) is 1. The molecule has 0 bridgehead atoms. The Labute approximate surface area is 114 Å². The quantitative estimate of drug-likeness (QED) is 0.580. The van der Waals surface area contributed by atoms with Gasteiger partial charge in [-0.25, -0.2) is 0 Å². The largest absolute Gasteiger partial charge is 0.303 e. The summed E-state index contributed by atoms with van der Waals surface area (Å²) >= 11 is 1.96. The topological polar surface area (TPSA) is 20.3 Å². The minimum atomic E-state index is 0.152. The van der Waals surface area contributed by atoms with E-state index in [9.17, 15) is 4.79 Å². The average Bonchev–Trinajstić information content (AvgIpc) is 2.88. The second kappa shape index (κ2) is 6.95. The third-order valence-corrected chi connectivity index (χ3v) is 4.36. The van der Waals surface area contributed by atoms with Crippen molar-refractivity contribution in [3.8, 4) is 0 Å². The van der Waals surface area contributed by atoms with Crippen LogP contribution in [0.4, 0.5) is 0 Å². The van der Waals surface area contributed by atoms with Gasteiger partial charge < -0.3 is 4.90 Å². The summed E-state index contributed by atoms with van der Waals surface area (Å²) < 4.78 is 0. The Bertz CT molecular complexity index is 399. The maximum absolute atomic E-state index is 11.3. The zero-order valence-corrected chi connectivity index (χ0v) is 11.8. The second-order valence-corrected chi connectivity index (χ2v) is 5.96. The van der Waals surface area contributed by atoms with Crippen LogP contribution in [0.2, 0.25) is 0 Å². The van der Waals surface area contributed by atoms with Gasteiger partial charge in [-0.15, -0.1) is 0 Å². The third-order valence-electron chi connectivity index (χ3n) is 3.35. The number of thioether (sulfide) groups is 1. The standard InChI is InChI=1S/C15H21NOS/c1-13(17)15-6-4-5-14(11-15)12-18-10-9-16-7-2-3-8-16/h4-6,11H,2-3,7-10,12H2,1H3. The van der Waals surface area contributed by atoms with Crippen LogP contribution in [-0.4, -0.2) is 36.1 Å². The van der Waals surface area contributed by atoms with Crippen LogP contribution >= 0.6 is 11.8 Å². The summed E-state index contributed by atoms with van der Waals surface area (Å²) in [5.74, 6) is 2.35. The molecule has 1 heterocycles. The summed E-state index contributed by atoms with van der Waals surface area (Å²) in [6.45, 7) is 5.39. The van der Waals surface area contributed by atoms with E-state index in [2.05, 4.69) is 11.0 Å². The van der Waals surface area contributed by atoms with E-state index in [4.69, 9.17) is 0 Å². The summed E-state index contributed by atoms with van der Waals surface area (Å²) in [7, 11) is 0. The molecule has 1 aromatic rings. The summed E-state index contributed by atoms with van der Waals surface area (Å²) in [5.41, 5.74) is 2.08. The molecule has 0 unspecified atom stereocenters. The molecule has 1 aliphatic heterocycles. The molecule has 0 amide bonds. The second-order valence-electron chi connectivity index (χ2n) is 4.86. The lowest BCUT2D eigenvalue weighted by Gasteiger charge is -2.13. The van der Waals surface area contributed by atoms with E-state index in [1.807, 2.05) is 30.0 Å². The first-order chi connectivity index (χ1) is 8.75. The molecule has 2 nitrogen and oxygen atoms in total. The van der Waals surface area contributed by atoms with Crippen molar-refractivity contribution in [1.29, 1.82) is 0 Å². The molecule has 18 heavy (non-hydrogen) atoms. The summed E-state index contributed by atoms with van der Waals surface area (Å²) in [6, 6.07) is 7.99. The van der Waals surface area contributed by atoms with E-state index >= 15 is 0 Å². The molecule has 1 saturated heterocycles. The van der Waals surface area contributed by atoms with Crippen LogP contribution in [0.5, 0.6) is 0 Å². The van der Waals surface area contributed by atoms with Crippen LogP contribution in [0.3, 0.4) is 0 Å². The molecule has 0 aromatic heterocycles. The number of carbonyl (C=O) groups excluding carboxylic acids is 1. The number of rotatable bonds is 6. The molecule has 0 N–H and O–H groups in total. The molecule has 98 valence electrons. The Morgan fingerprint density at radius 1 is 1.33 bits per heavy atom. The van der Waals surface area contributed by atoms with Crippen LogP contribution in [0.15, 0.2) is 24.3 Å². The van der Waals surface area contributed by atoms with Gasteiger partial charge in [0.25, 0.3) is 0 Å². The van der Waals surface area contributed by atoms with Gasteiger partial charge in [-0.1, -0.05) is 18.2 Å². The number of likely N-dealkylation sites (tertiary alicyclic amines) is 1. The van der Waals surface area contributed by atoms with Crippen molar-refractivity contribution >= 4 is 17.5 Å². The Kier molecular flexibility index (Phi) is 5.26. The number of carbonyl (C=O) groups is 1. The van der Waals surface area contributed by atoms with E-state index in [1.54, 1.807) is 6.92 Å². The summed E-state index contributed by atoms with van der Waals surface area (Å²) in [6.07, 6.45) is 2.73. The van der Waals surface area contributed by atoms with Gasteiger partial charge >= 0.3 is 0 Å². The summed E-state index contributed by atoms with van der Waals surface area (Å²) in [4.78, 5) is 13.8. The SMILES string of the molecule is CC(=O)c1cccc(CSCCN2CCCC2)c1. The van der Waals surface area contributed by atoms with Crippen molar-refractivity contribution in [3.05, 3.63) is 35.4 Å². The lowest BCUT2D eigenvalue weighted by atomic mass is 10.1. The number of ketones is 1. The number of benzene rings is 1. The number of hydrogen-bond donors (Lipinski definition) is 0. The van der Waals surface area contributed by atoms with Gasteiger partial charge in [-0.3, -0.25) is 4.79 Å². The van der Waals surface area contributed by atoms with E-state index in [0.717, 1.165) is 11.3 Å². The van der Waals surface area contributed by atoms with Gasteiger partial charge in [0.2, 0.25) is 0 Å². The van der Waals surface area contributed by atoms with E-state index < -0.39 is 0 Å². The van der Waals surface area contributed by atoms with E-state index in [-0.39, 0.29) is 5.78 Å². The molecule has 1 aliphatic rings. The molecule has 0 aliphatic carbocycles. The van der Waals surface area contributed by atoms with Gasteiger partial charge in [0, 0.05) is 23.6 Å². The lowest BCUT2D eigenvalue weighted by molar-refractivity contribution is 0.101. The lowest BCUT2D eigenvalue weighted by Crippen LogP contribution is -2.21. The Balaban J connectivity index is 1.72. The van der Waals surface area contributed by atoms with Crippen molar-refractivity contribution in [2.75, 3.05) is 25.4 Å². The zero-order chi connectivity index (χ0) is 12.8. The van der Waals surface area contributed by atoms with Crippen molar-refractivity contribution in [1.82, 2.24) is 4.90 Å². The molecule has 0 atom stereocenters. The number of Topliss-reactive ketones (excluding diaryl/α,β-unsaturated/α-hetero) is 1. The van der Waals surface area contributed by atoms with Crippen molar-refractivity contribution in [3.63, 3.8) is 0 Å². The highest BCUT2D eigenvalue weighted by atomic mass is 32.2. The Hall–Kier alpha value is -0.800. The van der Waals surface area contributed by atoms with Crippen LogP contribution in [0.1, 0.15) is 35.7 Å². The Morgan fingerprint density at radius 3 is 2.83 bits per heavy atom. The molecule has 1 fully saturated rings. The van der Waals surface area contributed by atoms with Crippen LogP contribution in [0.25, 0.3) is 0 Å². The highest BCUT2D eigenvalue weighted by Crippen LogP contribution is 2.15. The fourth-order valence-corrected chi connectivity index (χ4v) is 3.22. The molecule has 1 aromatic carbocycles. The third kappa shape index (κ3) is 4.14. The average molecular weight is 263 g/mol. The van der Waals surface area contributed by atoms with Gasteiger partial charge in [-0.05, 0) is 44.5 Å². The Morgan fingerprint density at radius 2 is 2.11 bits per heavy atom. The van der Waals surface area contributed by atoms with E-state index in [1.165, 1.54) is 43.8 Å². The molecule has 0 spiro atoms. The van der Waals surface area contributed by atoms with Gasteiger partial charge in [0.15, 0.2) is 5.78 Å². The molecule has 0 saturated carbocycles. The smallest absolute Gasteiger partial charge is 0.159 e.